The maximum atomic E-state index is 13.9. The molecule has 0 spiro atoms. The number of nitrogens with zero attached hydrogens (tertiary/aromatic N) is 2. The highest BCUT2D eigenvalue weighted by atomic mass is 16.5. The number of benzene rings is 4. The Hall–Kier alpha value is -4.91. The Morgan fingerprint density at radius 1 is 0.833 bits per heavy atom. The van der Waals surface area contributed by atoms with Crippen LogP contribution in [0.25, 0.3) is 16.5 Å². The van der Waals surface area contributed by atoms with Gasteiger partial charge in [-0.25, -0.2) is 9.78 Å². The van der Waals surface area contributed by atoms with Gasteiger partial charge < -0.3 is 18.8 Å². The maximum Gasteiger partial charge on any atom is 0.337 e. The van der Waals surface area contributed by atoms with E-state index < -0.39 is 18.0 Å². The molecule has 0 aliphatic heterocycles. The summed E-state index contributed by atoms with van der Waals surface area (Å²) in [4.78, 5) is 30.4. The van der Waals surface area contributed by atoms with Crippen LogP contribution < -0.4 is 4.74 Å². The van der Waals surface area contributed by atoms with Gasteiger partial charge in [0.25, 0.3) is 0 Å². The lowest BCUT2D eigenvalue weighted by Crippen LogP contribution is -2.20. The Bertz CT molecular complexity index is 1750. The number of esters is 2. The molecule has 214 valence electrons. The summed E-state index contributed by atoms with van der Waals surface area (Å²) < 4.78 is 18.6. The maximum absolute atomic E-state index is 13.9. The zero-order valence-corrected chi connectivity index (χ0v) is 24.7. The van der Waals surface area contributed by atoms with Crippen molar-refractivity contribution in [2.24, 2.45) is 0 Å². The van der Waals surface area contributed by atoms with Crippen molar-refractivity contribution >= 4 is 22.7 Å². The molecule has 5 aromatic rings. The highest BCUT2D eigenvalue weighted by Gasteiger charge is 2.29. The number of rotatable bonds is 8. The molecule has 0 saturated heterocycles. The van der Waals surface area contributed by atoms with E-state index in [1.807, 2.05) is 93.1 Å². The van der Waals surface area contributed by atoms with E-state index in [9.17, 15) is 9.59 Å². The molecule has 1 heterocycles. The summed E-state index contributed by atoms with van der Waals surface area (Å²) in [5.41, 5.74) is 6.51. The Morgan fingerprint density at radius 3 is 2.21 bits per heavy atom. The van der Waals surface area contributed by atoms with Crippen molar-refractivity contribution < 1.29 is 23.8 Å². The first-order valence-electron chi connectivity index (χ1n) is 13.8. The monoisotopic (exact) mass is 562 g/mol. The smallest absolute Gasteiger partial charge is 0.337 e. The van der Waals surface area contributed by atoms with Gasteiger partial charge in [0.05, 0.1) is 32.0 Å². The third-order valence-corrected chi connectivity index (χ3v) is 7.78. The zero-order chi connectivity index (χ0) is 30.0. The Kier molecular flexibility index (Phi) is 8.11. The molecular weight excluding hydrogens is 528 g/mol. The van der Waals surface area contributed by atoms with Gasteiger partial charge in [-0.3, -0.25) is 4.79 Å². The van der Waals surface area contributed by atoms with Crippen LogP contribution in [-0.2, 0) is 14.3 Å². The standard InChI is InChI=1S/C35H34N2O5/c1-21-7-11-29(37-14-13-36-20-37)19-31(21)33(32-22(2)15-28(16-23(32)3)35(39)41-6)42-34(38)24(4)25-8-9-27-18-30(40-5)12-10-26(27)17-25/h7-20,24,33H,1-6H3/t24-,33-/m0/s1. The number of methoxy groups -OCH3 is 2. The van der Waals surface area contributed by atoms with Crippen molar-refractivity contribution in [1.29, 1.82) is 0 Å². The number of hydrogen-bond acceptors (Lipinski definition) is 6. The second-order valence-electron chi connectivity index (χ2n) is 10.5. The Labute approximate surface area is 245 Å². The van der Waals surface area contributed by atoms with Crippen LogP contribution in [0.4, 0.5) is 0 Å². The van der Waals surface area contributed by atoms with Crippen molar-refractivity contribution in [2.45, 2.75) is 39.7 Å². The summed E-state index contributed by atoms with van der Waals surface area (Å²) in [5.74, 6) is -0.507. The Morgan fingerprint density at radius 2 is 1.55 bits per heavy atom. The predicted octanol–water partition coefficient (Wildman–Crippen LogP) is 7.18. The number of carbonyl (C=O) groups is 2. The summed E-state index contributed by atoms with van der Waals surface area (Å²) in [5, 5.41) is 2.04. The molecule has 7 nitrogen and oxygen atoms in total. The van der Waals surface area contributed by atoms with E-state index in [2.05, 4.69) is 4.98 Å². The molecule has 0 aliphatic rings. The average molecular weight is 563 g/mol. The average Bonchev–Trinajstić information content (AvgIpc) is 3.54. The molecular formula is C35H34N2O5. The van der Waals surface area contributed by atoms with Crippen LogP contribution in [0.3, 0.4) is 0 Å². The van der Waals surface area contributed by atoms with Crippen LogP contribution in [-0.4, -0.2) is 35.7 Å². The highest BCUT2D eigenvalue weighted by molar-refractivity contribution is 5.90. The van der Waals surface area contributed by atoms with Crippen LogP contribution in [0.15, 0.2) is 85.5 Å². The van der Waals surface area contributed by atoms with Crippen LogP contribution in [0.5, 0.6) is 5.75 Å². The SMILES string of the molecule is COC(=O)c1cc(C)c([C@@H](OC(=O)[C@@H](C)c2ccc3cc(OC)ccc3c2)c2cc(-n3ccnc3)ccc2C)c(C)c1. The minimum atomic E-state index is -0.708. The van der Waals surface area contributed by atoms with E-state index in [0.717, 1.165) is 55.6 Å². The van der Waals surface area contributed by atoms with Crippen molar-refractivity contribution in [3.05, 3.63) is 124 Å². The predicted molar refractivity (Wildman–Crippen MR) is 162 cm³/mol. The number of hydrogen-bond donors (Lipinski definition) is 0. The summed E-state index contributed by atoms with van der Waals surface area (Å²) in [6, 6.07) is 21.4. The van der Waals surface area contributed by atoms with Gasteiger partial charge in [0.2, 0.25) is 0 Å². The van der Waals surface area contributed by atoms with Gasteiger partial charge in [0.15, 0.2) is 6.10 Å². The third kappa shape index (κ3) is 5.63. The van der Waals surface area contributed by atoms with Gasteiger partial charge in [-0.2, -0.15) is 0 Å². The largest absolute Gasteiger partial charge is 0.497 e. The van der Waals surface area contributed by atoms with E-state index in [-0.39, 0.29) is 5.97 Å². The molecule has 0 saturated carbocycles. The van der Waals surface area contributed by atoms with Crippen LogP contribution in [0.1, 0.15) is 62.7 Å². The summed E-state index contributed by atoms with van der Waals surface area (Å²) in [6.45, 7) is 7.71. The van der Waals surface area contributed by atoms with E-state index >= 15 is 0 Å². The van der Waals surface area contributed by atoms with E-state index in [4.69, 9.17) is 14.2 Å². The number of fused-ring (bicyclic) bond motifs is 1. The topological polar surface area (TPSA) is 79.6 Å². The summed E-state index contributed by atoms with van der Waals surface area (Å²) in [6.07, 6.45) is 4.61. The van der Waals surface area contributed by atoms with Crippen molar-refractivity contribution in [3.63, 3.8) is 0 Å². The van der Waals surface area contributed by atoms with Gasteiger partial charge in [-0.15, -0.1) is 0 Å². The number of aryl methyl sites for hydroxylation is 3. The van der Waals surface area contributed by atoms with E-state index in [1.54, 1.807) is 31.8 Å². The number of aromatic nitrogens is 2. The van der Waals surface area contributed by atoms with Crippen molar-refractivity contribution in [1.82, 2.24) is 9.55 Å². The second-order valence-corrected chi connectivity index (χ2v) is 10.5. The molecule has 7 heteroatoms. The van der Waals surface area contributed by atoms with E-state index in [1.165, 1.54) is 7.11 Å². The van der Waals surface area contributed by atoms with E-state index in [0.29, 0.717) is 5.56 Å². The highest BCUT2D eigenvalue weighted by Crippen LogP contribution is 2.37. The summed E-state index contributed by atoms with van der Waals surface area (Å²) in [7, 11) is 3.00. The molecule has 1 aromatic heterocycles. The van der Waals surface area contributed by atoms with Gasteiger partial charge in [-0.1, -0.05) is 30.3 Å². The first kappa shape index (κ1) is 28.6. The lowest BCUT2D eigenvalue weighted by atomic mass is 9.89. The van der Waals surface area contributed by atoms with Crippen molar-refractivity contribution in [3.8, 4) is 11.4 Å². The minimum absolute atomic E-state index is 0.351. The lowest BCUT2D eigenvalue weighted by Gasteiger charge is -2.26. The molecule has 4 aromatic carbocycles. The zero-order valence-electron chi connectivity index (χ0n) is 24.7. The fourth-order valence-electron chi connectivity index (χ4n) is 5.38. The Balaban J connectivity index is 1.57. The first-order valence-corrected chi connectivity index (χ1v) is 13.8. The molecule has 0 unspecified atom stereocenters. The molecule has 0 fully saturated rings. The molecule has 0 radical (unpaired) electrons. The van der Waals surface area contributed by atoms with Crippen LogP contribution >= 0.6 is 0 Å². The normalized spacial score (nSPS) is 12.5. The van der Waals surface area contributed by atoms with Crippen LogP contribution in [0, 0.1) is 20.8 Å². The van der Waals surface area contributed by atoms with Gasteiger partial charge in [0, 0.05) is 29.2 Å². The number of carbonyl (C=O) groups excluding carboxylic acids is 2. The molecule has 2 atom stereocenters. The molecule has 0 aliphatic carbocycles. The van der Waals surface area contributed by atoms with Gasteiger partial charge in [0.1, 0.15) is 5.75 Å². The fourth-order valence-corrected chi connectivity index (χ4v) is 5.38. The van der Waals surface area contributed by atoms with Gasteiger partial charge in [-0.05, 0) is 97.1 Å². The third-order valence-electron chi connectivity index (χ3n) is 7.78. The lowest BCUT2D eigenvalue weighted by molar-refractivity contribution is -0.149. The molecule has 5 rings (SSSR count). The number of imidazole rings is 1. The first-order chi connectivity index (χ1) is 20.2. The molecule has 0 bridgehead atoms. The van der Waals surface area contributed by atoms with Crippen molar-refractivity contribution in [2.75, 3.05) is 14.2 Å². The molecule has 0 amide bonds. The fraction of sp³-hybridized carbons (Fsp3) is 0.229. The number of ether oxygens (including phenoxy) is 3. The van der Waals surface area contributed by atoms with Crippen LogP contribution in [0.2, 0.25) is 0 Å². The minimum Gasteiger partial charge on any atom is -0.497 e. The molecule has 0 N–H and O–H groups in total. The van der Waals surface area contributed by atoms with Gasteiger partial charge >= 0.3 is 11.9 Å². The second kappa shape index (κ2) is 11.9. The molecule has 42 heavy (non-hydrogen) atoms. The summed E-state index contributed by atoms with van der Waals surface area (Å²) >= 11 is 0. The quantitative estimate of drug-likeness (QED) is 0.186.